The van der Waals surface area contributed by atoms with Crippen molar-refractivity contribution >= 4 is 21.5 Å². The first-order valence-corrected chi connectivity index (χ1v) is 15.0. The fourth-order valence-corrected chi connectivity index (χ4v) is 6.32. The first-order chi connectivity index (χ1) is 22.3. The molecule has 0 saturated heterocycles. The molecule has 45 heavy (non-hydrogen) atoms. The van der Waals surface area contributed by atoms with Crippen molar-refractivity contribution in [1.82, 2.24) is 15.0 Å². The highest BCUT2D eigenvalue weighted by Crippen LogP contribution is 2.48. The average molecular weight is 576 g/mol. The molecule has 2 aromatic heterocycles. The molecule has 0 bridgehead atoms. The maximum absolute atomic E-state index is 6.32. The van der Waals surface area contributed by atoms with Gasteiger partial charge in [0.15, 0.2) is 5.82 Å². The third kappa shape index (κ3) is 4.35. The molecule has 9 rings (SSSR count). The first kappa shape index (κ1) is 25.4. The summed E-state index contributed by atoms with van der Waals surface area (Å²) in [5.41, 5.74) is 9.11. The van der Waals surface area contributed by atoms with E-state index >= 15 is 0 Å². The summed E-state index contributed by atoms with van der Waals surface area (Å²) < 4.78 is 6.32. The van der Waals surface area contributed by atoms with Crippen LogP contribution in [0.4, 0.5) is 0 Å². The molecule has 210 valence electrons. The smallest absolute Gasteiger partial charge is 0.160 e. The highest BCUT2D eigenvalue weighted by atomic mass is 16.5. The summed E-state index contributed by atoms with van der Waals surface area (Å²) in [4.78, 5) is 15.0. The molecule has 0 radical (unpaired) electrons. The lowest BCUT2D eigenvalue weighted by Crippen LogP contribution is -1.98. The minimum atomic E-state index is 0.688. The second-order valence-corrected chi connectivity index (χ2v) is 11.3. The van der Waals surface area contributed by atoms with Crippen molar-refractivity contribution in [3.05, 3.63) is 152 Å². The fourth-order valence-electron chi connectivity index (χ4n) is 6.32. The minimum absolute atomic E-state index is 0.688. The monoisotopic (exact) mass is 575 g/mol. The Morgan fingerprint density at radius 3 is 1.91 bits per heavy atom. The van der Waals surface area contributed by atoms with Crippen LogP contribution in [-0.2, 0) is 0 Å². The Morgan fingerprint density at radius 2 is 1.13 bits per heavy atom. The lowest BCUT2D eigenvalue weighted by atomic mass is 9.91. The van der Waals surface area contributed by atoms with Gasteiger partial charge < -0.3 is 4.74 Å². The molecule has 4 heteroatoms. The van der Waals surface area contributed by atoms with E-state index in [1.807, 2.05) is 54.7 Å². The Bertz CT molecular complexity index is 2340. The molecule has 6 aromatic carbocycles. The first-order valence-electron chi connectivity index (χ1n) is 15.0. The lowest BCUT2D eigenvalue weighted by Gasteiger charge is -2.22. The van der Waals surface area contributed by atoms with Crippen molar-refractivity contribution in [3.63, 3.8) is 0 Å². The Labute approximate surface area is 260 Å². The van der Waals surface area contributed by atoms with Crippen LogP contribution < -0.4 is 4.74 Å². The number of nitrogens with zero attached hydrogens (tertiary/aromatic N) is 3. The highest BCUT2D eigenvalue weighted by molar-refractivity contribution is 6.10. The van der Waals surface area contributed by atoms with Gasteiger partial charge >= 0.3 is 0 Å². The van der Waals surface area contributed by atoms with E-state index < -0.39 is 0 Å². The van der Waals surface area contributed by atoms with Crippen LogP contribution in [0.15, 0.2) is 152 Å². The molecule has 3 heterocycles. The topological polar surface area (TPSA) is 47.9 Å². The van der Waals surface area contributed by atoms with Crippen LogP contribution in [0, 0.1) is 0 Å². The van der Waals surface area contributed by atoms with Gasteiger partial charge in [0, 0.05) is 44.8 Å². The maximum Gasteiger partial charge on any atom is 0.160 e. The SMILES string of the molecule is c1ccc(-c2cc(-c3ccccc3)nc(-c3ccc4cnc(-c5ccc6c7c(cccc57)-c5ccccc5O6)cc4c3)n2)cc1. The van der Waals surface area contributed by atoms with Crippen molar-refractivity contribution in [1.29, 1.82) is 0 Å². The largest absolute Gasteiger partial charge is 0.456 e. The second-order valence-electron chi connectivity index (χ2n) is 11.3. The molecule has 1 aliphatic heterocycles. The van der Waals surface area contributed by atoms with Crippen LogP contribution in [0.25, 0.3) is 77.8 Å². The van der Waals surface area contributed by atoms with Crippen molar-refractivity contribution in [2.24, 2.45) is 0 Å². The summed E-state index contributed by atoms with van der Waals surface area (Å²) in [6, 6.07) is 50.0. The Kier molecular flexibility index (Phi) is 5.78. The highest BCUT2D eigenvalue weighted by Gasteiger charge is 2.21. The van der Waals surface area contributed by atoms with Crippen molar-refractivity contribution < 1.29 is 4.74 Å². The Morgan fingerprint density at radius 1 is 0.422 bits per heavy atom. The van der Waals surface area contributed by atoms with E-state index in [0.29, 0.717) is 5.82 Å². The van der Waals surface area contributed by atoms with Crippen LogP contribution in [0.1, 0.15) is 0 Å². The normalized spacial score (nSPS) is 11.7. The van der Waals surface area contributed by atoms with E-state index in [9.17, 15) is 0 Å². The summed E-state index contributed by atoms with van der Waals surface area (Å²) in [6.45, 7) is 0. The van der Waals surface area contributed by atoms with Gasteiger partial charge in [0.1, 0.15) is 11.5 Å². The molecule has 0 amide bonds. The summed E-state index contributed by atoms with van der Waals surface area (Å²) in [5.74, 6) is 2.44. The predicted octanol–water partition coefficient (Wildman–Crippen LogP) is 10.6. The zero-order valence-corrected chi connectivity index (χ0v) is 24.2. The molecule has 0 fully saturated rings. The number of hydrogen-bond donors (Lipinski definition) is 0. The number of rotatable bonds is 4. The number of hydrogen-bond acceptors (Lipinski definition) is 4. The van der Waals surface area contributed by atoms with E-state index in [1.165, 1.54) is 5.56 Å². The van der Waals surface area contributed by atoms with Crippen molar-refractivity contribution in [3.8, 4) is 67.8 Å². The molecule has 0 atom stereocenters. The molecule has 0 unspecified atom stereocenters. The van der Waals surface area contributed by atoms with Crippen LogP contribution in [0.5, 0.6) is 11.5 Å². The maximum atomic E-state index is 6.32. The molecule has 1 aliphatic rings. The number of aromatic nitrogens is 3. The van der Waals surface area contributed by atoms with Crippen LogP contribution >= 0.6 is 0 Å². The zero-order valence-electron chi connectivity index (χ0n) is 24.2. The van der Waals surface area contributed by atoms with Crippen LogP contribution in [0.2, 0.25) is 0 Å². The quantitative estimate of drug-likeness (QED) is 0.209. The van der Waals surface area contributed by atoms with Gasteiger partial charge in [0.05, 0.1) is 17.1 Å². The third-order valence-electron chi connectivity index (χ3n) is 8.52. The van der Waals surface area contributed by atoms with Gasteiger partial charge in [0.25, 0.3) is 0 Å². The zero-order chi connectivity index (χ0) is 29.7. The summed E-state index contributed by atoms with van der Waals surface area (Å²) in [6.07, 6.45) is 1.95. The molecule has 4 nitrogen and oxygen atoms in total. The average Bonchev–Trinajstić information content (AvgIpc) is 3.12. The van der Waals surface area contributed by atoms with Gasteiger partial charge in [-0.25, -0.2) is 9.97 Å². The van der Waals surface area contributed by atoms with Crippen LogP contribution in [0.3, 0.4) is 0 Å². The molecular formula is C41H25N3O. The Hall–Kier alpha value is -6.13. The predicted molar refractivity (Wildman–Crippen MR) is 182 cm³/mol. The standard InChI is InChI=1S/C41H25N3O/c1-3-10-26(11-4-1)35-24-36(27-12-5-2-6-13-27)44-41(43-35)28-18-19-29-25-42-37(23-30(29)22-28)31-20-21-39-40-33(31)15-9-16-34(40)32-14-7-8-17-38(32)45-39/h1-25H. The lowest BCUT2D eigenvalue weighted by molar-refractivity contribution is 0.487. The number of pyridine rings is 1. The number of ether oxygens (including phenoxy) is 1. The molecular weight excluding hydrogens is 550 g/mol. The molecule has 8 aromatic rings. The van der Waals surface area contributed by atoms with Crippen LogP contribution in [-0.4, -0.2) is 15.0 Å². The molecule has 0 spiro atoms. The van der Waals surface area contributed by atoms with E-state index in [1.54, 1.807) is 0 Å². The van der Waals surface area contributed by atoms with Gasteiger partial charge in [-0.1, -0.05) is 109 Å². The minimum Gasteiger partial charge on any atom is -0.456 e. The summed E-state index contributed by atoms with van der Waals surface area (Å²) in [5, 5.41) is 4.37. The van der Waals surface area contributed by atoms with Crippen molar-refractivity contribution in [2.45, 2.75) is 0 Å². The van der Waals surface area contributed by atoms with Gasteiger partial charge in [-0.2, -0.15) is 0 Å². The van der Waals surface area contributed by atoms with E-state index in [-0.39, 0.29) is 0 Å². The van der Waals surface area contributed by atoms with E-state index in [4.69, 9.17) is 19.7 Å². The summed E-state index contributed by atoms with van der Waals surface area (Å²) >= 11 is 0. The van der Waals surface area contributed by atoms with E-state index in [0.717, 1.165) is 77.9 Å². The van der Waals surface area contributed by atoms with E-state index in [2.05, 4.69) is 97.1 Å². The Balaban J connectivity index is 1.18. The van der Waals surface area contributed by atoms with Crippen molar-refractivity contribution in [2.75, 3.05) is 0 Å². The fraction of sp³-hybridized carbons (Fsp3) is 0. The second kappa shape index (κ2) is 10.2. The number of fused-ring (bicyclic) bond motifs is 3. The number of para-hydroxylation sites is 1. The third-order valence-corrected chi connectivity index (χ3v) is 8.52. The van der Waals surface area contributed by atoms with Gasteiger partial charge in [-0.3, -0.25) is 4.98 Å². The molecule has 0 saturated carbocycles. The summed E-state index contributed by atoms with van der Waals surface area (Å²) in [7, 11) is 0. The van der Waals surface area contributed by atoms with Gasteiger partial charge in [-0.05, 0) is 52.7 Å². The molecule has 0 aliphatic carbocycles. The molecule has 0 N–H and O–H groups in total. The van der Waals surface area contributed by atoms with Gasteiger partial charge in [0.2, 0.25) is 0 Å². The number of benzene rings is 6. The van der Waals surface area contributed by atoms with Gasteiger partial charge in [-0.15, -0.1) is 0 Å².